The molecule has 2 N–H and O–H groups in total. The van der Waals surface area contributed by atoms with Gasteiger partial charge in [-0.2, -0.15) is 0 Å². The number of nitrogens with zero attached hydrogens (tertiary/aromatic N) is 2. The maximum atomic E-state index is 11.2. The number of hydrogen-bond donors (Lipinski definition) is 2. The number of aliphatic imine (C=N–C) groups is 1. The zero-order valence-electron chi connectivity index (χ0n) is 15.1. The summed E-state index contributed by atoms with van der Waals surface area (Å²) in [6.45, 7) is 7.51. The van der Waals surface area contributed by atoms with Crippen molar-refractivity contribution in [3.05, 3.63) is 0 Å². The van der Waals surface area contributed by atoms with Gasteiger partial charge in [0.2, 0.25) is 0 Å². The molecule has 7 heteroatoms. The molecule has 1 fully saturated rings. The molecule has 1 rings (SSSR count). The molecule has 6 nitrogen and oxygen atoms in total. The van der Waals surface area contributed by atoms with Crippen LogP contribution in [0.25, 0.3) is 0 Å². The fourth-order valence-corrected chi connectivity index (χ4v) is 3.65. The van der Waals surface area contributed by atoms with E-state index in [1.807, 2.05) is 6.92 Å². The van der Waals surface area contributed by atoms with Crippen LogP contribution < -0.4 is 10.6 Å². The topological polar surface area (TPSA) is 73.8 Å². The molecule has 1 aliphatic rings. The van der Waals surface area contributed by atoms with E-state index in [1.165, 1.54) is 32.1 Å². The first-order valence-corrected chi connectivity index (χ1v) is 10.8. The van der Waals surface area contributed by atoms with Crippen molar-refractivity contribution < 1.29 is 8.42 Å². The summed E-state index contributed by atoms with van der Waals surface area (Å²) in [5.74, 6) is 0.947. The number of likely N-dealkylation sites (tertiary alicyclic amines) is 1. The Kier molecular flexibility index (Phi) is 8.91. The molecule has 0 aliphatic carbocycles. The first-order valence-electron chi connectivity index (χ1n) is 8.71. The first-order chi connectivity index (χ1) is 10.8. The lowest BCUT2D eigenvalue weighted by molar-refractivity contribution is 0.159. The van der Waals surface area contributed by atoms with Crippen molar-refractivity contribution in [1.29, 1.82) is 0 Å². The fraction of sp³-hybridized carbons (Fsp3) is 0.938. The lowest BCUT2D eigenvalue weighted by atomic mass is 10.0. The predicted molar refractivity (Wildman–Crippen MR) is 97.8 cm³/mol. The molecule has 0 spiro atoms. The second-order valence-electron chi connectivity index (χ2n) is 6.70. The Balaban J connectivity index is 2.20. The van der Waals surface area contributed by atoms with E-state index in [0.717, 1.165) is 25.5 Å². The number of hydrogen-bond acceptors (Lipinski definition) is 4. The molecule has 0 aromatic heterocycles. The number of piperidine rings is 1. The third kappa shape index (κ3) is 9.15. The molecule has 0 aromatic rings. The summed E-state index contributed by atoms with van der Waals surface area (Å²) >= 11 is 0. The molecular weight excluding hydrogens is 312 g/mol. The summed E-state index contributed by atoms with van der Waals surface area (Å²) < 4.78 is 22.4. The SMILES string of the molecule is CN=C(NCCCN1CCCCC1C)NC(C)CCS(C)(=O)=O. The number of guanidine groups is 1. The average molecular weight is 347 g/mol. The van der Waals surface area contributed by atoms with E-state index in [9.17, 15) is 8.42 Å². The van der Waals surface area contributed by atoms with Gasteiger partial charge >= 0.3 is 0 Å². The molecule has 0 bridgehead atoms. The second kappa shape index (κ2) is 10.1. The lowest BCUT2D eigenvalue weighted by Crippen LogP contribution is -2.44. The Morgan fingerprint density at radius 2 is 2.13 bits per heavy atom. The Bertz CT molecular complexity index is 465. The molecule has 1 heterocycles. The highest BCUT2D eigenvalue weighted by Crippen LogP contribution is 2.15. The highest BCUT2D eigenvalue weighted by atomic mass is 32.2. The molecule has 0 amide bonds. The summed E-state index contributed by atoms with van der Waals surface area (Å²) in [6, 6.07) is 0.787. The molecule has 0 radical (unpaired) electrons. The van der Waals surface area contributed by atoms with Crippen LogP contribution in [0.15, 0.2) is 4.99 Å². The van der Waals surface area contributed by atoms with Gasteiger partial charge in [-0.15, -0.1) is 0 Å². The quantitative estimate of drug-likeness (QED) is 0.393. The molecule has 23 heavy (non-hydrogen) atoms. The van der Waals surface area contributed by atoms with Gasteiger partial charge in [0, 0.05) is 38.5 Å². The maximum absolute atomic E-state index is 11.2. The van der Waals surface area contributed by atoms with Crippen molar-refractivity contribution in [3.63, 3.8) is 0 Å². The van der Waals surface area contributed by atoms with Crippen molar-refractivity contribution in [2.75, 3.05) is 38.7 Å². The van der Waals surface area contributed by atoms with E-state index in [4.69, 9.17) is 0 Å². The molecule has 0 aromatic carbocycles. The van der Waals surface area contributed by atoms with E-state index in [0.29, 0.717) is 12.5 Å². The van der Waals surface area contributed by atoms with Crippen molar-refractivity contribution >= 4 is 15.8 Å². The smallest absolute Gasteiger partial charge is 0.191 e. The maximum Gasteiger partial charge on any atom is 0.191 e. The third-order valence-corrected chi connectivity index (χ3v) is 5.36. The van der Waals surface area contributed by atoms with Crippen molar-refractivity contribution in [2.24, 2.45) is 4.99 Å². The minimum Gasteiger partial charge on any atom is -0.356 e. The standard InChI is InChI=1S/C16H34N4O2S/c1-14(9-13-23(4,21)22)19-16(17-3)18-10-7-12-20-11-6-5-8-15(20)2/h14-15H,5-13H2,1-4H3,(H2,17,18,19). The Morgan fingerprint density at radius 3 is 2.74 bits per heavy atom. The van der Waals surface area contributed by atoms with Crippen LogP contribution in [0, 0.1) is 0 Å². The van der Waals surface area contributed by atoms with Gasteiger partial charge in [0.1, 0.15) is 9.84 Å². The molecule has 1 aliphatic heterocycles. The van der Waals surface area contributed by atoms with Gasteiger partial charge in [0.25, 0.3) is 0 Å². The summed E-state index contributed by atoms with van der Waals surface area (Å²) in [4.78, 5) is 6.77. The zero-order valence-corrected chi connectivity index (χ0v) is 16.0. The first kappa shape index (κ1) is 20.2. The Morgan fingerprint density at radius 1 is 1.39 bits per heavy atom. The Labute approximate surface area is 142 Å². The highest BCUT2D eigenvalue weighted by molar-refractivity contribution is 7.90. The number of sulfone groups is 1. The molecule has 2 unspecified atom stereocenters. The third-order valence-electron chi connectivity index (χ3n) is 4.38. The zero-order chi connectivity index (χ0) is 17.3. The number of rotatable bonds is 8. The monoisotopic (exact) mass is 346 g/mol. The van der Waals surface area contributed by atoms with Crippen LogP contribution in [0.5, 0.6) is 0 Å². The van der Waals surface area contributed by atoms with Crippen LogP contribution in [0.1, 0.15) is 46.0 Å². The largest absolute Gasteiger partial charge is 0.356 e. The van der Waals surface area contributed by atoms with Crippen LogP contribution in [0.4, 0.5) is 0 Å². The highest BCUT2D eigenvalue weighted by Gasteiger charge is 2.17. The van der Waals surface area contributed by atoms with Gasteiger partial charge in [0.15, 0.2) is 5.96 Å². The fourth-order valence-electron chi connectivity index (χ4n) is 2.87. The van der Waals surface area contributed by atoms with Crippen molar-refractivity contribution in [1.82, 2.24) is 15.5 Å². The summed E-state index contributed by atoms with van der Waals surface area (Å²) in [5.41, 5.74) is 0. The minimum absolute atomic E-state index is 0.0815. The van der Waals surface area contributed by atoms with Crippen molar-refractivity contribution in [2.45, 2.75) is 58.0 Å². The summed E-state index contributed by atoms with van der Waals surface area (Å²) in [5, 5.41) is 6.56. The Hall–Kier alpha value is -0.820. The molecule has 0 saturated carbocycles. The second-order valence-corrected chi connectivity index (χ2v) is 8.96. The van der Waals surface area contributed by atoms with Crippen LogP contribution >= 0.6 is 0 Å². The van der Waals surface area contributed by atoms with Crippen LogP contribution in [-0.4, -0.2) is 70.1 Å². The van der Waals surface area contributed by atoms with Crippen LogP contribution in [0.3, 0.4) is 0 Å². The van der Waals surface area contributed by atoms with Gasteiger partial charge in [0.05, 0.1) is 5.75 Å². The predicted octanol–water partition coefficient (Wildman–Crippen LogP) is 1.24. The van der Waals surface area contributed by atoms with E-state index < -0.39 is 9.84 Å². The molecule has 1 saturated heterocycles. The van der Waals surface area contributed by atoms with Crippen LogP contribution in [0.2, 0.25) is 0 Å². The summed E-state index contributed by atoms with van der Waals surface area (Å²) in [6.07, 6.45) is 6.94. The van der Waals surface area contributed by atoms with E-state index in [1.54, 1.807) is 7.05 Å². The molecule has 2 atom stereocenters. The van der Waals surface area contributed by atoms with E-state index in [-0.39, 0.29) is 11.8 Å². The van der Waals surface area contributed by atoms with Crippen molar-refractivity contribution in [3.8, 4) is 0 Å². The van der Waals surface area contributed by atoms with Crippen LogP contribution in [-0.2, 0) is 9.84 Å². The molecular formula is C16H34N4O2S. The minimum atomic E-state index is -2.91. The summed E-state index contributed by atoms with van der Waals surface area (Å²) in [7, 11) is -1.16. The molecule has 136 valence electrons. The van der Waals surface area contributed by atoms with Gasteiger partial charge in [-0.3, -0.25) is 4.99 Å². The normalized spacial score (nSPS) is 21.9. The van der Waals surface area contributed by atoms with Gasteiger partial charge in [-0.1, -0.05) is 6.42 Å². The van der Waals surface area contributed by atoms with E-state index in [2.05, 4.69) is 27.4 Å². The van der Waals surface area contributed by atoms with E-state index >= 15 is 0 Å². The van der Waals surface area contributed by atoms with Gasteiger partial charge in [-0.05, 0) is 46.1 Å². The average Bonchev–Trinajstić information content (AvgIpc) is 2.49. The number of nitrogens with one attached hydrogen (secondary N) is 2. The lowest BCUT2D eigenvalue weighted by Gasteiger charge is -2.33. The van der Waals surface area contributed by atoms with Gasteiger partial charge < -0.3 is 15.5 Å². The van der Waals surface area contributed by atoms with Gasteiger partial charge in [-0.25, -0.2) is 8.42 Å².